The van der Waals surface area contributed by atoms with Gasteiger partial charge in [0, 0.05) is 16.6 Å². The molecule has 0 spiro atoms. The van der Waals surface area contributed by atoms with E-state index in [1.54, 1.807) is 0 Å². The largest absolute Gasteiger partial charge is 0.0763 e. The van der Waals surface area contributed by atoms with Gasteiger partial charge in [0.1, 0.15) is 0 Å². The van der Waals surface area contributed by atoms with Crippen molar-refractivity contribution in [3.63, 3.8) is 0 Å². The molecule has 0 bridgehead atoms. The Balaban J connectivity index is 1.83. The molecule has 0 aliphatic heterocycles. The van der Waals surface area contributed by atoms with E-state index >= 15 is 0 Å². The van der Waals surface area contributed by atoms with Crippen LogP contribution in [-0.4, -0.2) is 0 Å². The van der Waals surface area contributed by atoms with E-state index in [2.05, 4.69) is 147 Å². The molecule has 0 fully saturated rings. The number of benzene rings is 4. The van der Waals surface area contributed by atoms with Gasteiger partial charge in [-0.15, -0.1) is 0 Å². The van der Waals surface area contributed by atoms with Crippen molar-refractivity contribution in [2.45, 2.75) is 77.0 Å². The summed E-state index contributed by atoms with van der Waals surface area (Å²) in [7, 11) is 0. The van der Waals surface area contributed by atoms with Crippen LogP contribution in [0.4, 0.5) is 0 Å². The molecule has 0 heterocycles. The molecule has 0 amide bonds. The lowest BCUT2D eigenvalue weighted by Gasteiger charge is -2.36. The molecule has 1 aliphatic carbocycles. The summed E-state index contributed by atoms with van der Waals surface area (Å²) in [4.78, 5) is 0. The highest BCUT2D eigenvalue weighted by Crippen LogP contribution is 2.57. The number of rotatable bonds is 12. The molecule has 0 N–H and O–H groups in total. The summed E-state index contributed by atoms with van der Waals surface area (Å²) < 4.78 is 0. The van der Waals surface area contributed by atoms with Crippen molar-refractivity contribution in [2.24, 2.45) is 0 Å². The maximum Gasteiger partial charge on any atom is 0.0476 e. The minimum atomic E-state index is -0.265. The molecule has 212 valence electrons. The summed E-state index contributed by atoms with van der Waals surface area (Å²) in [5, 5.41) is 0. The lowest BCUT2D eigenvalue weighted by atomic mass is 9.65. The molecule has 0 saturated heterocycles. The van der Waals surface area contributed by atoms with Crippen molar-refractivity contribution in [1.82, 2.24) is 0 Å². The topological polar surface area (TPSA) is 0 Å². The number of fused-ring (bicyclic) bond motifs is 1. The second kappa shape index (κ2) is 14.7. The molecule has 5 rings (SSSR count). The molecule has 4 aromatic carbocycles. The fourth-order valence-electron chi connectivity index (χ4n) is 6.57. The first-order valence-electron chi connectivity index (χ1n) is 16.0. The summed E-state index contributed by atoms with van der Waals surface area (Å²) in [6.45, 7) is 4.58. The van der Waals surface area contributed by atoms with Crippen molar-refractivity contribution in [3.05, 3.63) is 155 Å². The van der Waals surface area contributed by atoms with Gasteiger partial charge in [-0.25, -0.2) is 0 Å². The Kier molecular flexibility index (Phi) is 10.3. The van der Waals surface area contributed by atoms with Crippen molar-refractivity contribution < 1.29 is 0 Å². The molecule has 0 radical (unpaired) electrons. The van der Waals surface area contributed by atoms with Crippen molar-refractivity contribution in [1.29, 1.82) is 0 Å². The summed E-state index contributed by atoms with van der Waals surface area (Å²) in [6, 6.07) is 41.9. The molecule has 1 unspecified atom stereocenters. The summed E-state index contributed by atoms with van der Waals surface area (Å²) in [5.74, 6) is 7.34. The standard InChI is InChI=1S/C42H44/c1-3-5-7-18-28-37(35-24-14-10-15-25-35)41-39(32-31-34-22-12-9-13-23-34)38-29-19-20-30-40(38)42(41,33-21-8-6-4-2)36-26-16-11-17-27-36/h9-17,19-20,22-30H,3-8,18,21,33H2,1-2H3/b37-28+. The maximum atomic E-state index is 3.77. The molecular formula is C42H44. The van der Waals surface area contributed by atoms with Crippen LogP contribution in [0, 0.1) is 11.8 Å². The lowest BCUT2D eigenvalue weighted by molar-refractivity contribution is 0.514. The van der Waals surface area contributed by atoms with Gasteiger partial charge in [0.2, 0.25) is 0 Å². The van der Waals surface area contributed by atoms with Crippen LogP contribution in [0.3, 0.4) is 0 Å². The van der Waals surface area contributed by atoms with Crippen molar-refractivity contribution in [2.75, 3.05) is 0 Å². The predicted molar refractivity (Wildman–Crippen MR) is 181 cm³/mol. The van der Waals surface area contributed by atoms with Crippen LogP contribution in [0.5, 0.6) is 0 Å². The van der Waals surface area contributed by atoms with Gasteiger partial charge in [-0.1, -0.05) is 173 Å². The molecule has 4 aromatic rings. The van der Waals surface area contributed by atoms with E-state index in [1.165, 1.54) is 83.9 Å². The van der Waals surface area contributed by atoms with Gasteiger partial charge in [-0.3, -0.25) is 0 Å². The third kappa shape index (κ3) is 6.37. The van der Waals surface area contributed by atoms with E-state index in [1.807, 2.05) is 0 Å². The molecule has 0 nitrogen and oxygen atoms in total. The average Bonchev–Trinajstić information content (AvgIpc) is 3.33. The first-order chi connectivity index (χ1) is 20.8. The SMILES string of the molecule is CCCCC/C=C(/C1=C(C#Cc2ccccc2)c2ccccc2C1(CCCCCC)c1ccccc1)c1ccccc1. The Morgan fingerprint density at radius 2 is 1.24 bits per heavy atom. The summed E-state index contributed by atoms with van der Waals surface area (Å²) in [5.41, 5.74) is 10.0. The van der Waals surface area contributed by atoms with Crippen LogP contribution >= 0.6 is 0 Å². The third-order valence-corrected chi connectivity index (χ3v) is 8.62. The minimum absolute atomic E-state index is 0.265. The highest BCUT2D eigenvalue weighted by Gasteiger charge is 2.47. The molecule has 42 heavy (non-hydrogen) atoms. The smallest absolute Gasteiger partial charge is 0.0476 e. The highest BCUT2D eigenvalue weighted by molar-refractivity contribution is 6.03. The van der Waals surface area contributed by atoms with Gasteiger partial charge in [0.25, 0.3) is 0 Å². The molecular weight excluding hydrogens is 504 g/mol. The van der Waals surface area contributed by atoms with Crippen LogP contribution in [0.15, 0.2) is 127 Å². The van der Waals surface area contributed by atoms with Crippen LogP contribution in [0.1, 0.15) is 99.5 Å². The Hall–Kier alpha value is -4.08. The zero-order valence-corrected chi connectivity index (χ0v) is 25.4. The van der Waals surface area contributed by atoms with Gasteiger partial charge in [0.05, 0.1) is 0 Å². The van der Waals surface area contributed by atoms with E-state index in [0.717, 1.165) is 18.4 Å². The third-order valence-electron chi connectivity index (χ3n) is 8.62. The fraction of sp³-hybridized carbons (Fsp3) is 0.286. The highest BCUT2D eigenvalue weighted by atomic mass is 14.5. The Morgan fingerprint density at radius 1 is 0.619 bits per heavy atom. The van der Waals surface area contributed by atoms with Crippen LogP contribution in [0.25, 0.3) is 11.1 Å². The van der Waals surface area contributed by atoms with E-state index in [4.69, 9.17) is 0 Å². The van der Waals surface area contributed by atoms with Crippen LogP contribution in [-0.2, 0) is 5.41 Å². The lowest BCUT2D eigenvalue weighted by Crippen LogP contribution is -2.29. The minimum Gasteiger partial charge on any atom is -0.0763 e. The first-order valence-corrected chi connectivity index (χ1v) is 16.0. The fourth-order valence-corrected chi connectivity index (χ4v) is 6.57. The van der Waals surface area contributed by atoms with Gasteiger partial charge in [-0.05, 0) is 64.8 Å². The molecule has 0 heteroatoms. The number of hydrogen-bond acceptors (Lipinski definition) is 0. The van der Waals surface area contributed by atoms with Gasteiger partial charge >= 0.3 is 0 Å². The normalized spacial score (nSPS) is 16.2. The summed E-state index contributed by atoms with van der Waals surface area (Å²) in [6.07, 6.45) is 13.3. The van der Waals surface area contributed by atoms with Gasteiger partial charge in [-0.2, -0.15) is 0 Å². The number of unbranched alkanes of at least 4 members (excludes halogenated alkanes) is 6. The Labute approximate surface area is 254 Å². The van der Waals surface area contributed by atoms with Crippen molar-refractivity contribution in [3.8, 4) is 11.8 Å². The second-order valence-corrected chi connectivity index (χ2v) is 11.5. The molecule has 0 saturated carbocycles. The van der Waals surface area contributed by atoms with E-state index < -0.39 is 0 Å². The Morgan fingerprint density at radius 3 is 1.95 bits per heavy atom. The molecule has 0 aromatic heterocycles. The summed E-state index contributed by atoms with van der Waals surface area (Å²) >= 11 is 0. The van der Waals surface area contributed by atoms with E-state index in [-0.39, 0.29) is 5.41 Å². The maximum absolute atomic E-state index is 3.77. The predicted octanol–water partition coefficient (Wildman–Crippen LogP) is 11.4. The molecule has 1 atom stereocenters. The van der Waals surface area contributed by atoms with Gasteiger partial charge in [0.15, 0.2) is 0 Å². The molecule has 1 aliphatic rings. The van der Waals surface area contributed by atoms with E-state index in [0.29, 0.717) is 0 Å². The van der Waals surface area contributed by atoms with Gasteiger partial charge < -0.3 is 0 Å². The van der Waals surface area contributed by atoms with Crippen LogP contribution in [0.2, 0.25) is 0 Å². The number of allylic oxidation sites excluding steroid dienone is 4. The number of hydrogen-bond donors (Lipinski definition) is 0. The monoisotopic (exact) mass is 548 g/mol. The van der Waals surface area contributed by atoms with E-state index in [9.17, 15) is 0 Å². The quantitative estimate of drug-likeness (QED) is 0.122. The van der Waals surface area contributed by atoms with Crippen molar-refractivity contribution >= 4 is 11.1 Å². The second-order valence-electron chi connectivity index (χ2n) is 11.5. The van der Waals surface area contributed by atoms with Crippen LogP contribution < -0.4 is 0 Å². The average molecular weight is 549 g/mol. The zero-order chi connectivity index (χ0) is 29.0. The zero-order valence-electron chi connectivity index (χ0n) is 25.4. The first kappa shape index (κ1) is 29.4. The Bertz CT molecular complexity index is 1540.